The molecule has 3 aromatic rings. The topological polar surface area (TPSA) is 32.3 Å². The molecule has 1 atom stereocenters. The predicted octanol–water partition coefficient (Wildman–Crippen LogP) is 6.56. The first-order valence-corrected chi connectivity index (χ1v) is 12.6. The Bertz CT molecular complexity index is 1100. The minimum Gasteiger partial charge on any atom is -0.346 e. The Balaban J connectivity index is 1.28. The molecule has 0 aromatic heterocycles. The Labute approximate surface area is 205 Å². The van der Waals surface area contributed by atoms with Gasteiger partial charge in [-0.25, -0.2) is 0 Å². The number of amides is 1. The number of hydrogen-bond acceptors (Lipinski definition) is 2. The zero-order chi connectivity index (χ0) is 24.1. The van der Waals surface area contributed by atoms with E-state index in [0.717, 1.165) is 31.1 Å². The molecule has 3 aromatic carbocycles. The predicted molar refractivity (Wildman–Crippen MR) is 141 cm³/mol. The van der Waals surface area contributed by atoms with Crippen LogP contribution < -0.4 is 5.32 Å². The van der Waals surface area contributed by atoms with E-state index in [9.17, 15) is 4.79 Å². The van der Waals surface area contributed by atoms with Crippen molar-refractivity contribution in [2.45, 2.75) is 59.5 Å². The van der Waals surface area contributed by atoms with E-state index in [4.69, 9.17) is 0 Å². The normalized spacial score (nSPS) is 15.8. The van der Waals surface area contributed by atoms with E-state index in [2.05, 4.69) is 92.5 Å². The zero-order valence-corrected chi connectivity index (χ0v) is 21.1. The van der Waals surface area contributed by atoms with E-state index in [0.29, 0.717) is 0 Å². The van der Waals surface area contributed by atoms with Gasteiger partial charge >= 0.3 is 0 Å². The van der Waals surface area contributed by atoms with E-state index < -0.39 is 0 Å². The summed E-state index contributed by atoms with van der Waals surface area (Å²) >= 11 is 0. The lowest BCUT2D eigenvalue weighted by molar-refractivity contribution is 0.0939. The minimum atomic E-state index is -0.0244. The summed E-state index contributed by atoms with van der Waals surface area (Å²) < 4.78 is 0. The molecule has 1 amide bonds. The van der Waals surface area contributed by atoms with Crippen molar-refractivity contribution in [3.05, 3.63) is 106 Å². The summed E-state index contributed by atoms with van der Waals surface area (Å²) in [6, 6.07) is 23.4. The summed E-state index contributed by atoms with van der Waals surface area (Å²) in [6.07, 6.45) is 3.70. The molecule has 0 spiro atoms. The van der Waals surface area contributed by atoms with Crippen LogP contribution in [0.3, 0.4) is 0 Å². The number of likely N-dealkylation sites (tertiary alicyclic amines) is 1. The lowest BCUT2D eigenvalue weighted by Crippen LogP contribution is -2.33. The fourth-order valence-corrected chi connectivity index (χ4v) is 5.12. The number of hydrogen-bond donors (Lipinski definition) is 1. The van der Waals surface area contributed by atoms with Crippen molar-refractivity contribution >= 4 is 5.91 Å². The van der Waals surface area contributed by atoms with E-state index in [1.807, 2.05) is 12.1 Å². The van der Waals surface area contributed by atoms with Crippen LogP contribution in [0, 0.1) is 26.7 Å². The van der Waals surface area contributed by atoms with Gasteiger partial charge in [0.2, 0.25) is 0 Å². The molecule has 1 fully saturated rings. The first-order valence-electron chi connectivity index (χ1n) is 12.6. The average molecular weight is 455 g/mol. The van der Waals surface area contributed by atoms with Crippen LogP contribution in [0.5, 0.6) is 0 Å². The van der Waals surface area contributed by atoms with Gasteiger partial charge in [0, 0.05) is 12.1 Å². The highest BCUT2D eigenvalue weighted by Crippen LogP contribution is 2.24. The van der Waals surface area contributed by atoms with Gasteiger partial charge in [0.05, 0.1) is 6.04 Å². The molecule has 4 rings (SSSR count). The maximum Gasteiger partial charge on any atom is 0.251 e. The van der Waals surface area contributed by atoms with Crippen LogP contribution in [0.15, 0.2) is 66.7 Å². The third-order valence-electron chi connectivity index (χ3n) is 7.39. The fourth-order valence-electron chi connectivity index (χ4n) is 5.12. The minimum absolute atomic E-state index is 0.0154. The van der Waals surface area contributed by atoms with Crippen molar-refractivity contribution in [1.29, 1.82) is 0 Å². The van der Waals surface area contributed by atoms with Gasteiger partial charge in [-0.2, -0.15) is 0 Å². The Morgan fingerprint density at radius 2 is 1.53 bits per heavy atom. The number of aryl methyl sites for hydroxylation is 3. The summed E-state index contributed by atoms with van der Waals surface area (Å²) in [6.45, 7) is 11.7. The Morgan fingerprint density at radius 1 is 0.882 bits per heavy atom. The van der Waals surface area contributed by atoms with E-state index >= 15 is 0 Å². The number of rotatable bonds is 7. The molecule has 1 aliphatic rings. The summed E-state index contributed by atoms with van der Waals surface area (Å²) in [4.78, 5) is 15.4. The van der Waals surface area contributed by atoms with E-state index in [1.54, 1.807) is 0 Å². The number of carbonyl (C=O) groups is 1. The lowest BCUT2D eigenvalue weighted by Gasteiger charge is -2.32. The van der Waals surface area contributed by atoms with Gasteiger partial charge in [0.15, 0.2) is 0 Å². The smallest absolute Gasteiger partial charge is 0.251 e. The summed E-state index contributed by atoms with van der Waals surface area (Å²) in [5.41, 5.74) is 8.40. The van der Waals surface area contributed by atoms with Gasteiger partial charge in [-0.3, -0.25) is 9.69 Å². The molecule has 1 saturated heterocycles. The average Bonchev–Trinajstić information content (AvgIpc) is 2.83. The van der Waals surface area contributed by atoms with Crippen LogP contribution in [0.25, 0.3) is 0 Å². The first kappa shape index (κ1) is 24.2. The largest absolute Gasteiger partial charge is 0.346 e. The fraction of sp³-hybridized carbons (Fsp3) is 0.387. The number of benzene rings is 3. The van der Waals surface area contributed by atoms with Crippen molar-refractivity contribution in [1.82, 2.24) is 10.2 Å². The third kappa shape index (κ3) is 6.15. The standard InChI is InChI=1S/C31H38N2O/c1-22-18-24(3)30(19-23(22)2)25(4)32-31(34)29-12-10-28(11-13-29)21-33-16-14-27(15-17-33)20-26-8-6-5-7-9-26/h5-13,18-19,25,27H,14-17,20-21H2,1-4H3,(H,32,34). The molecule has 178 valence electrons. The summed E-state index contributed by atoms with van der Waals surface area (Å²) in [7, 11) is 0. The highest BCUT2D eigenvalue weighted by Gasteiger charge is 2.20. The second-order valence-corrected chi connectivity index (χ2v) is 10.1. The monoisotopic (exact) mass is 454 g/mol. The van der Waals surface area contributed by atoms with Gasteiger partial charge < -0.3 is 5.32 Å². The second-order valence-electron chi connectivity index (χ2n) is 10.1. The van der Waals surface area contributed by atoms with Gasteiger partial charge in [-0.05, 0) is 111 Å². The van der Waals surface area contributed by atoms with Crippen LogP contribution in [-0.2, 0) is 13.0 Å². The molecule has 0 radical (unpaired) electrons. The first-order chi connectivity index (χ1) is 16.4. The molecule has 0 saturated carbocycles. The van der Waals surface area contributed by atoms with Crippen molar-refractivity contribution in [3.8, 4) is 0 Å². The highest BCUT2D eigenvalue weighted by atomic mass is 16.1. The van der Waals surface area contributed by atoms with Crippen LogP contribution >= 0.6 is 0 Å². The molecule has 1 N–H and O–H groups in total. The second kappa shape index (κ2) is 11.0. The van der Waals surface area contributed by atoms with Gasteiger partial charge in [0.1, 0.15) is 0 Å². The van der Waals surface area contributed by atoms with E-state index in [-0.39, 0.29) is 11.9 Å². The Kier molecular flexibility index (Phi) is 7.84. The molecule has 1 unspecified atom stereocenters. The quantitative estimate of drug-likeness (QED) is 0.439. The molecular formula is C31H38N2O. The number of piperidine rings is 1. The molecular weight excluding hydrogens is 416 g/mol. The SMILES string of the molecule is Cc1cc(C)c(C(C)NC(=O)c2ccc(CN3CCC(Cc4ccccc4)CC3)cc2)cc1C. The van der Waals surface area contributed by atoms with Crippen LogP contribution in [0.4, 0.5) is 0 Å². The zero-order valence-electron chi connectivity index (χ0n) is 21.1. The molecule has 1 aliphatic heterocycles. The van der Waals surface area contributed by atoms with Gasteiger partial charge in [-0.1, -0.05) is 54.6 Å². The lowest BCUT2D eigenvalue weighted by atomic mass is 9.90. The molecule has 34 heavy (non-hydrogen) atoms. The van der Waals surface area contributed by atoms with Crippen LogP contribution in [0.1, 0.15) is 69.5 Å². The van der Waals surface area contributed by atoms with Crippen molar-refractivity contribution in [3.63, 3.8) is 0 Å². The molecule has 0 bridgehead atoms. The van der Waals surface area contributed by atoms with Gasteiger partial charge in [-0.15, -0.1) is 0 Å². The van der Waals surface area contributed by atoms with E-state index in [1.165, 1.54) is 52.6 Å². The highest BCUT2D eigenvalue weighted by molar-refractivity contribution is 5.94. The number of nitrogens with one attached hydrogen (secondary N) is 1. The summed E-state index contributed by atoms with van der Waals surface area (Å²) in [5, 5.41) is 3.18. The maximum absolute atomic E-state index is 12.9. The molecule has 3 heteroatoms. The van der Waals surface area contributed by atoms with Crippen molar-refractivity contribution < 1.29 is 4.79 Å². The molecule has 1 heterocycles. The van der Waals surface area contributed by atoms with Crippen LogP contribution in [0.2, 0.25) is 0 Å². The maximum atomic E-state index is 12.9. The van der Waals surface area contributed by atoms with Crippen LogP contribution in [-0.4, -0.2) is 23.9 Å². The third-order valence-corrected chi connectivity index (χ3v) is 7.39. The Hall–Kier alpha value is -2.91. The Morgan fingerprint density at radius 3 is 2.21 bits per heavy atom. The number of nitrogens with zero attached hydrogens (tertiary/aromatic N) is 1. The summed E-state index contributed by atoms with van der Waals surface area (Å²) in [5.74, 6) is 0.770. The molecule has 3 nitrogen and oxygen atoms in total. The number of carbonyl (C=O) groups excluding carboxylic acids is 1. The van der Waals surface area contributed by atoms with Gasteiger partial charge in [0.25, 0.3) is 5.91 Å². The van der Waals surface area contributed by atoms with Crippen molar-refractivity contribution in [2.24, 2.45) is 5.92 Å². The van der Waals surface area contributed by atoms with Crippen molar-refractivity contribution in [2.75, 3.05) is 13.1 Å². The molecule has 0 aliphatic carbocycles.